The van der Waals surface area contributed by atoms with Crippen molar-refractivity contribution in [2.45, 2.75) is 5.41 Å². The number of ether oxygens (including phenoxy) is 1. The molecule has 8 aromatic rings. The molecule has 10 rings (SSSR count). The molecule has 6 aromatic carbocycles. The van der Waals surface area contributed by atoms with Crippen LogP contribution in [0.1, 0.15) is 22.3 Å². The quantitative estimate of drug-likeness (QED) is 0.174. The van der Waals surface area contributed by atoms with E-state index in [9.17, 15) is 0 Å². The van der Waals surface area contributed by atoms with Crippen molar-refractivity contribution in [2.75, 3.05) is 0 Å². The van der Waals surface area contributed by atoms with Gasteiger partial charge in [0.25, 0.3) is 0 Å². The third-order valence-corrected chi connectivity index (χ3v) is 10.8. The number of rotatable bonds is 0. The fourth-order valence-corrected chi connectivity index (χ4v) is 9.45. The SMILES string of the molecule is Clc1cc2c(c3oc4ccccc4c13)-c1c(cc(Cl)c3c1sc1ccccc13)C21c2ccccc2Oc2ccccc21. The van der Waals surface area contributed by atoms with Crippen LogP contribution in [-0.2, 0) is 5.41 Å². The molecule has 5 heteroatoms. The molecule has 0 fully saturated rings. The molecule has 3 heterocycles. The van der Waals surface area contributed by atoms with Crippen LogP contribution in [-0.4, -0.2) is 0 Å². The molecule has 1 aliphatic carbocycles. The van der Waals surface area contributed by atoms with Gasteiger partial charge in [0, 0.05) is 53.2 Å². The van der Waals surface area contributed by atoms with Crippen molar-refractivity contribution < 1.29 is 9.15 Å². The van der Waals surface area contributed by atoms with Gasteiger partial charge >= 0.3 is 0 Å². The summed E-state index contributed by atoms with van der Waals surface area (Å²) in [5.41, 5.74) is 7.46. The summed E-state index contributed by atoms with van der Waals surface area (Å²) in [5.74, 6) is 1.65. The van der Waals surface area contributed by atoms with E-state index in [1.807, 2.05) is 42.5 Å². The first kappa shape index (κ1) is 23.3. The van der Waals surface area contributed by atoms with E-state index in [0.29, 0.717) is 5.02 Å². The Bertz CT molecular complexity index is 2310. The summed E-state index contributed by atoms with van der Waals surface area (Å²) in [6.45, 7) is 0. The minimum atomic E-state index is -0.707. The van der Waals surface area contributed by atoms with Crippen LogP contribution in [0.3, 0.4) is 0 Å². The summed E-state index contributed by atoms with van der Waals surface area (Å²) in [6, 6.07) is 37.6. The maximum absolute atomic E-state index is 7.30. The average Bonchev–Trinajstić information content (AvgIpc) is 3.67. The molecule has 0 radical (unpaired) electrons. The summed E-state index contributed by atoms with van der Waals surface area (Å²) in [7, 11) is 0. The molecule has 1 spiro atoms. The first-order valence-corrected chi connectivity index (χ1v) is 15.4. The largest absolute Gasteiger partial charge is 0.457 e. The number of hydrogen-bond donors (Lipinski definition) is 0. The molecule has 0 saturated carbocycles. The smallest absolute Gasteiger partial charge is 0.145 e. The van der Waals surface area contributed by atoms with Crippen LogP contribution in [0.25, 0.3) is 53.2 Å². The Morgan fingerprint density at radius 1 is 0.571 bits per heavy atom. The number of fused-ring (bicyclic) bond motifs is 17. The van der Waals surface area contributed by atoms with Gasteiger partial charge < -0.3 is 9.15 Å². The van der Waals surface area contributed by atoms with Gasteiger partial charge in [0.15, 0.2) is 0 Å². The highest BCUT2D eigenvalue weighted by atomic mass is 35.5. The summed E-state index contributed by atoms with van der Waals surface area (Å²) >= 11 is 16.3. The standard InChI is InChI=1S/C37H18Cl2O2S/c38-25-17-23-33(35-31(25)19-9-1-5-13-27(19)41-35)34-24(18-26(39)32-20-10-2-8-16-30(20)42-36(32)34)37(23)21-11-3-6-14-28(21)40-29-15-7-4-12-22(29)37/h1-18H. The lowest BCUT2D eigenvalue weighted by Crippen LogP contribution is -2.32. The molecular formula is C37H18Cl2O2S. The summed E-state index contributed by atoms with van der Waals surface area (Å²) in [5, 5.41) is 5.59. The molecule has 0 unspecified atom stereocenters. The predicted octanol–water partition coefficient (Wildman–Crippen LogP) is 11.7. The molecule has 2 aliphatic rings. The van der Waals surface area contributed by atoms with E-state index in [2.05, 4.69) is 66.7 Å². The van der Waals surface area contributed by atoms with E-state index < -0.39 is 5.41 Å². The van der Waals surface area contributed by atoms with Gasteiger partial charge in [-0.3, -0.25) is 0 Å². The Balaban J connectivity index is 1.52. The van der Waals surface area contributed by atoms with Crippen LogP contribution in [0.15, 0.2) is 114 Å². The van der Waals surface area contributed by atoms with Crippen LogP contribution >= 0.6 is 34.5 Å². The highest BCUT2D eigenvalue weighted by Gasteiger charge is 2.53. The minimum Gasteiger partial charge on any atom is -0.457 e. The first-order chi connectivity index (χ1) is 20.7. The third kappa shape index (κ3) is 2.64. The Morgan fingerprint density at radius 2 is 1.17 bits per heavy atom. The number of halogens is 2. The molecule has 2 nitrogen and oxygen atoms in total. The molecule has 1 aliphatic heterocycles. The van der Waals surface area contributed by atoms with Crippen LogP contribution in [0.4, 0.5) is 0 Å². The van der Waals surface area contributed by atoms with Crippen LogP contribution in [0, 0.1) is 0 Å². The highest BCUT2D eigenvalue weighted by molar-refractivity contribution is 7.26. The normalized spacial score (nSPS) is 14.3. The van der Waals surface area contributed by atoms with Gasteiger partial charge in [0.2, 0.25) is 0 Å². The zero-order valence-corrected chi connectivity index (χ0v) is 24.2. The van der Waals surface area contributed by atoms with Crippen molar-refractivity contribution in [1.82, 2.24) is 0 Å². The fourth-order valence-electron chi connectivity index (χ4n) is 7.51. The van der Waals surface area contributed by atoms with Crippen molar-refractivity contribution in [3.8, 4) is 22.6 Å². The number of furan rings is 1. The summed E-state index contributed by atoms with van der Waals surface area (Å²) in [4.78, 5) is 0. The number of hydrogen-bond acceptors (Lipinski definition) is 3. The Kier molecular flexibility index (Phi) is 4.42. The molecule has 2 aromatic heterocycles. The van der Waals surface area contributed by atoms with Gasteiger partial charge in [-0.1, -0.05) is 96.0 Å². The van der Waals surface area contributed by atoms with Crippen molar-refractivity contribution in [1.29, 1.82) is 0 Å². The lowest BCUT2D eigenvalue weighted by molar-refractivity contribution is 0.436. The number of thiophene rings is 1. The molecule has 0 N–H and O–H groups in total. The molecule has 0 atom stereocenters. The topological polar surface area (TPSA) is 22.4 Å². The minimum absolute atomic E-state index is 0.668. The van der Waals surface area contributed by atoms with Gasteiger partial charge in [0.05, 0.1) is 15.5 Å². The van der Waals surface area contributed by atoms with E-state index in [4.69, 9.17) is 32.4 Å². The Labute approximate surface area is 254 Å². The predicted molar refractivity (Wildman–Crippen MR) is 174 cm³/mol. The van der Waals surface area contributed by atoms with Gasteiger partial charge in [-0.25, -0.2) is 0 Å². The highest BCUT2D eigenvalue weighted by Crippen LogP contribution is 2.66. The first-order valence-electron chi connectivity index (χ1n) is 13.8. The Morgan fingerprint density at radius 3 is 1.93 bits per heavy atom. The van der Waals surface area contributed by atoms with Gasteiger partial charge in [-0.2, -0.15) is 0 Å². The molecule has 0 saturated heterocycles. The third-order valence-electron chi connectivity index (χ3n) is 9.06. The van der Waals surface area contributed by atoms with Gasteiger partial charge in [0.1, 0.15) is 22.7 Å². The monoisotopic (exact) mass is 596 g/mol. The second-order valence-corrected chi connectivity index (χ2v) is 12.9. The average molecular weight is 598 g/mol. The number of benzene rings is 6. The van der Waals surface area contributed by atoms with Crippen molar-refractivity contribution in [3.63, 3.8) is 0 Å². The van der Waals surface area contributed by atoms with Crippen LogP contribution in [0.2, 0.25) is 10.0 Å². The molecule has 198 valence electrons. The zero-order valence-electron chi connectivity index (χ0n) is 21.9. The fraction of sp³-hybridized carbons (Fsp3) is 0.0270. The van der Waals surface area contributed by atoms with E-state index in [0.717, 1.165) is 87.3 Å². The van der Waals surface area contributed by atoms with Crippen LogP contribution in [0.5, 0.6) is 11.5 Å². The summed E-state index contributed by atoms with van der Waals surface area (Å²) < 4.78 is 15.6. The van der Waals surface area contributed by atoms with Crippen molar-refractivity contribution >= 4 is 76.6 Å². The van der Waals surface area contributed by atoms with Crippen molar-refractivity contribution in [3.05, 3.63) is 141 Å². The van der Waals surface area contributed by atoms with Crippen LogP contribution < -0.4 is 4.74 Å². The lowest BCUT2D eigenvalue weighted by atomic mass is 9.66. The maximum Gasteiger partial charge on any atom is 0.145 e. The molecular weight excluding hydrogens is 579 g/mol. The lowest BCUT2D eigenvalue weighted by Gasteiger charge is -2.39. The van der Waals surface area contributed by atoms with Gasteiger partial charge in [-0.15, -0.1) is 11.3 Å². The Hall–Kier alpha value is -4.28. The molecule has 0 bridgehead atoms. The van der Waals surface area contributed by atoms with E-state index in [1.54, 1.807) is 11.3 Å². The second kappa shape index (κ2) is 7.96. The zero-order chi connectivity index (χ0) is 27.7. The van der Waals surface area contributed by atoms with Crippen molar-refractivity contribution in [2.24, 2.45) is 0 Å². The summed E-state index contributed by atoms with van der Waals surface area (Å²) in [6.07, 6.45) is 0. The molecule has 42 heavy (non-hydrogen) atoms. The van der Waals surface area contributed by atoms with E-state index >= 15 is 0 Å². The maximum atomic E-state index is 7.30. The number of para-hydroxylation sites is 3. The second-order valence-electron chi connectivity index (χ2n) is 11.0. The van der Waals surface area contributed by atoms with E-state index in [-0.39, 0.29) is 0 Å². The van der Waals surface area contributed by atoms with Gasteiger partial charge in [-0.05, 0) is 47.5 Å². The molecule has 0 amide bonds. The van der Waals surface area contributed by atoms with E-state index in [1.165, 1.54) is 4.70 Å².